The molecule has 0 saturated carbocycles. The summed E-state index contributed by atoms with van der Waals surface area (Å²) < 4.78 is 0. The molecule has 2 aliphatic heterocycles. The van der Waals surface area contributed by atoms with E-state index in [1.54, 1.807) is 0 Å². The van der Waals surface area contributed by atoms with Crippen molar-refractivity contribution >= 4 is 34.1 Å². The van der Waals surface area contributed by atoms with Gasteiger partial charge in [-0.2, -0.15) is 0 Å². The molecule has 4 rings (SSSR count). The van der Waals surface area contributed by atoms with Crippen LogP contribution in [0.1, 0.15) is 62.8 Å². The first kappa shape index (κ1) is 25.6. The summed E-state index contributed by atoms with van der Waals surface area (Å²) in [4.78, 5) is 25.6. The SMILES string of the molecule is CCN1CCC2(CC1)N=C(SCC(=O)Nc1ccc(C)c(C)c1)C(c1ccc(C(C)(C)C)cc1)=N2. The number of nitrogens with one attached hydrogen (secondary N) is 1. The number of benzene rings is 2. The number of carbonyl (C=O) groups is 1. The molecule has 1 N–H and O–H groups in total. The highest BCUT2D eigenvalue weighted by Gasteiger charge is 2.39. The average molecular weight is 491 g/mol. The topological polar surface area (TPSA) is 57.1 Å². The second-order valence-electron chi connectivity index (χ2n) is 10.8. The normalized spacial score (nSPS) is 17.9. The number of likely N-dealkylation sites (tertiary alicyclic amines) is 1. The Morgan fingerprint density at radius 2 is 1.71 bits per heavy atom. The Bertz CT molecular complexity index is 1140. The summed E-state index contributed by atoms with van der Waals surface area (Å²) in [5, 5.41) is 3.92. The minimum atomic E-state index is -0.392. The number of hydrogen-bond acceptors (Lipinski definition) is 5. The van der Waals surface area contributed by atoms with Crippen molar-refractivity contribution in [2.24, 2.45) is 9.98 Å². The van der Waals surface area contributed by atoms with Gasteiger partial charge in [0, 0.05) is 37.2 Å². The number of aliphatic imine (C=N–C) groups is 2. The molecular formula is C29H38N4OS. The lowest BCUT2D eigenvalue weighted by molar-refractivity contribution is -0.113. The van der Waals surface area contributed by atoms with E-state index in [9.17, 15) is 4.79 Å². The van der Waals surface area contributed by atoms with Crippen LogP contribution in [0.3, 0.4) is 0 Å². The summed E-state index contributed by atoms with van der Waals surface area (Å²) in [7, 11) is 0. The molecule has 1 spiro atoms. The summed E-state index contributed by atoms with van der Waals surface area (Å²) in [6.07, 6.45) is 1.84. The zero-order chi connectivity index (χ0) is 25.2. The number of hydrogen-bond donors (Lipinski definition) is 1. The van der Waals surface area contributed by atoms with Crippen LogP contribution >= 0.6 is 11.8 Å². The van der Waals surface area contributed by atoms with E-state index in [0.717, 1.165) is 54.5 Å². The molecule has 2 aromatic rings. The molecule has 1 amide bonds. The Morgan fingerprint density at radius 3 is 2.31 bits per heavy atom. The summed E-state index contributed by atoms with van der Waals surface area (Å²) in [6, 6.07) is 14.7. The predicted molar refractivity (Wildman–Crippen MR) is 150 cm³/mol. The van der Waals surface area contributed by atoms with Crippen molar-refractivity contribution in [3.05, 3.63) is 64.7 Å². The largest absolute Gasteiger partial charge is 0.325 e. The van der Waals surface area contributed by atoms with Gasteiger partial charge in [0.05, 0.1) is 11.5 Å². The Kier molecular flexibility index (Phi) is 7.53. The number of amides is 1. The van der Waals surface area contributed by atoms with E-state index in [-0.39, 0.29) is 11.3 Å². The van der Waals surface area contributed by atoms with Crippen molar-refractivity contribution in [3.63, 3.8) is 0 Å². The van der Waals surface area contributed by atoms with Crippen molar-refractivity contribution in [2.75, 3.05) is 30.7 Å². The van der Waals surface area contributed by atoms with E-state index in [1.165, 1.54) is 28.5 Å². The summed E-state index contributed by atoms with van der Waals surface area (Å²) in [6.45, 7) is 16.1. The standard InChI is InChI=1S/C29H38N4OS/c1-7-33-16-14-29(15-17-33)31-26(22-9-11-23(12-10-22)28(4,5)6)27(32-29)35-19-25(34)30-24-13-8-20(2)21(3)18-24/h8-13,18H,7,14-17,19H2,1-6H3,(H,30,34). The zero-order valence-corrected chi connectivity index (χ0v) is 22.8. The van der Waals surface area contributed by atoms with Crippen molar-refractivity contribution in [1.29, 1.82) is 0 Å². The van der Waals surface area contributed by atoms with Gasteiger partial charge in [-0.25, -0.2) is 4.99 Å². The number of anilines is 1. The van der Waals surface area contributed by atoms with Crippen molar-refractivity contribution < 1.29 is 4.79 Å². The van der Waals surface area contributed by atoms with Crippen LogP contribution in [0.25, 0.3) is 0 Å². The first-order chi connectivity index (χ1) is 16.6. The highest BCUT2D eigenvalue weighted by atomic mass is 32.2. The van der Waals surface area contributed by atoms with Crippen LogP contribution in [0.2, 0.25) is 0 Å². The van der Waals surface area contributed by atoms with E-state index in [1.807, 2.05) is 18.2 Å². The van der Waals surface area contributed by atoms with Crippen LogP contribution in [0.15, 0.2) is 52.4 Å². The van der Waals surface area contributed by atoms with Gasteiger partial charge >= 0.3 is 0 Å². The number of carbonyl (C=O) groups excluding carboxylic acids is 1. The lowest BCUT2D eigenvalue weighted by Gasteiger charge is -2.34. The van der Waals surface area contributed by atoms with Crippen molar-refractivity contribution in [2.45, 2.75) is 65.5 Å². The van der Waals surface area contributed by atoms with E-state index in [0.29, 0.717) is 5.75 Å². The van der Waals surface area contributed by atoms with Crippen LogP contribution in [-0.2, 0) is 10.2 Å². The lowest BCUT2D eigenvalue weighted by atomic mass is 9.86. The van der Waals surface area contributed by atoms with Crippen LogP contribution in [0.4, 0.5) is 5.69 Å². The molecule has 1 fully saturated rings. The minimum Gasteiger partial charge on any atom is -0.325 e. The number of aryl methyl sites for hydroxylation is 2. The molecule has 35 heavy (non-hydrogen) atoms. The maximum atomic E-state index is 12.8. The second kappa shape index (κ2) is 10.3. The summed E-state index contributed by atoms with van der Waals surface area (Å²) in [5.41, 5.74) is 6.23. The number of piperidine rings is 1. The molecule has 2 aliphatic rings. The number of nitrogens with zero attached hydrogens (tertiary/aromatic N) is 3. The van der Waals surface area contributed by atoms with E-state index >= 15 is 0 Å². The Labute approximate surface area is 214 Å². The third-order valence-electron chi connectivity index (χ3n) is 7.09. The van der Waals surface area contributed by atoms with Gasteiger partial charge in [-0.1, -0.05) is 69.8 Å². The Hall–Kier alpha value is -2.44. The average Bonchev–Trinajstić information content (AvgIpc) is 3.18. The molecule has 0 aromatic heterocycles. The van der Waals surface area contributed by atoms with Gasteiger partial charge in [0.15, 0.2) is 5.66 Å². The number of rotatable bonds is 5. The van der Waals surface area contributed by atoms with Gasteiger partial charge in [-0.15, -0.1) is 0 Å². The molecule has 186 valence electrons. The molecule has 0 atom stereocenters. The minimum absolute atomic E-state index is 0.0230. The van der Waals surface area contributed by atoms with E-state index in [4.69, 9.17) is 9.98 Å². The van der Waals surface area contributed by atoms with Crippen LogP contribution in [0, 0.1) is 13.8 Å². The van der Waals surface area contributed by atoms with Gasteiger partial charge in [0.25, 0.3) is 0 Å². The molecule has 2 heterocycles. The van der Waals surface area contributed by atoms with Crippen molar-refractivity contribution in [1.82, 2.24) is 4.90 Å². The first-order valence-electron chi connectivity index (χ1n) is 12.6. The maximum Gasteiger partial charge on any atom is 0.234 e. The second-order valence-corrected chi connectivity index (χ2v) is 11.7. The van der Waals surface area contributed by atoms with Gasteiger partial charge in [0.2, 0.25) is 5.91 Å². The van der Waals surface area contributed by atoms with Gasteiger partial charge in [-0.3, -0.25) is 9.79 Å². The maximum absolute atomic E-state index is 12.8. The fraction of sp³-hybridized carbons (Fsp3) is 0.483. The molecule has 0 unspecified atom stereocenters. The van der Waals surface area contributed by atoms with Crippen LogP contribution < -0.4 is 5.32 Å². The lowest BCUT2D eigenvalue weighted by Crippen LogP contribution is -2.41. The summed E-state index contributed by atoms with van der Waals surface area (Å²) in [5.74, 6) is 0.285. The van der Waals surface area contributed by atoms with Gasteiger partial charge in [0.1, 0.15) is 5.04 Å². The van der Waals surface area contributed by atoms with Gasteiger partial charge < -0.3 is 10.2 Å². The number of thioether (sulfide) groups is 1. The molecule has 2 aromatic carbocycles. The van der Waals surface area contributed by atoms with Crippen LogP contribution in [-0.4, -0.2) is 52.6 Å². The van der Waals surface area contributed by atoms with Gasteiger partial charge in [-0.05, 0) is 54.6 Å². The fourth-order valence-corrected chi connectivity index (χ4v) is 5.42. The van der Waals surface area contributed by atoms with E-state index in [2.05, 4.69) is 76.0 Å². The van der Waals surface area contributed by atoms with Crippen molar-refractivity contribution in [3.8, 4) is 0 Å². The highest BCUT2D eigenvalue weighted by Crippen LogP contribution is 2.36. The molecule has 6 heteroatoms. The monoisotopic (exact) mass is 490 g/mol. The third-order valence-corrected chi connectivity index (χ3v) is 8.06. The molecular weight excluding hydrogens is 452 g/mol. The molecule has 1 saturated heterocycles. The predicted octanol–water partition coefficient (Wildman–Crippen LogP) is 5.99. The first-order valence-corrected chi connectivity index (χ1v) is 13.6. The smallest absolute Gasteiger partial charge is 0.234 e. The molecule has 0 bridgehead atoms. The molecule has 0 aliphatic carbocycles. The zero-order valence-electron chi connectivity index (χ0n) is 21.9. The van der Waals surface area contributed by atoms with Crippen LogP contribution in [0.5, 0.6) is 0 Å². The third kappa shape index (κ3) is 6.04. The molecule has 5 nitrogen and oxygen atoms in total. The molecule has 0 radical (unpaired) electrons. The highest BCUT2D eigenvalue weighted by molar-refractivity contribution is 8.16. The van der Waals surface area contributed by atoms with E-state index < -0.39 is 5.66 Å². The fourth-order valence-electron chi connectivity index (χ4n) is 4.54. The quantitative estimate of drug-likeness (QED) is 0.560. The Morgan fingerprint density at radius 1 is 1.03 bits per heavy atom. The summed E-state index contributed by atoms with van der Waals surface area (Å²) >= 11 is 1.50. The Balaban J connectivity index is 1.52.